The molecule has 0 saturated carbocycles. The second-order valence-corrected chi connectivity index (χ2v) is 4.51. The van der Waals surface area contributed by atoms with Crippen LogP contribution in [0.15, 0.2) is 30.3 Å². The molecule has 20 heavy (non-hydrogen) atoms. The van der Waals surface area contributed by atoms with Crippen LogP contribution in [0.3, 0.4) is 0 Å². The van der Waals surface area contributed by atoms with Gasteiger partial charge in [0, 0.05) is 25.4 Å². The van der Waals surface area contributed by atoms with E-state index in [9.17, 15) is 0 Å². The summed E-state index contributed by atoms with van der Waals surface area (Å²) in [5.74, 6) is 2.21. The van der Waals surface area contributed by atoms with Crippen molar-refractivity contribution in [3.05, 3.63) is 41.7 Å². The molecule has 0 aliphatic rings. The molecule has 0 aliphatic heterocycles. The van der Waals surface area contributed by atoms with Gasteiger partial charge in [0.25, 0.3) is 0 Å². The Hall–Kier alpha value is -2.14. The Bertz CT molecular complexity index is 547. The summed E-state index contributed by atoms with van der Waals surface area (Å²) in [4.78, 5) is 8.83. The quantitative estimate of drug-likeness (QED) is 0.846. The van der Waals surface area contributed by atoms with Crippen molar-refractivity contribution >= 4 is 17.3 Å². The largest absolute Gasteiger partial charge is 0.377 e. The maximum Gasteiger partial charge on any atom is 0.158 e. The average molecular weight is 272 g/mol. The van der Waals surface area contributed by atoms with Gasteiger partial charge in [-0.25, -0.2) is 9.97 Å². The minimum Gasteiger partial charge on any atom is -0.377 e. The molecule has 0 saturated heterocycles. The fourth-order valence-corrected chi connectivity index (χ4v) is 1.90. The van der Waals surface area contributed by atoms with Gasteiger partial charge in [-0.3, -0.25) is 0 Å². The molecular weight excluding hydrogens is 252 g/mol. The molecule has 0 spiro atoms. The first-order valence-corrected chi connectivity index (χ1v) is 6.65. The second kappa shape index (κ2) is 6.86. The van der Waals surface area contributed by atoms with Crippen molar-refractivity contribution in [2.24, 2.45) is 0 Å². The van der Waals surface area contributed by atoms with Crippen LogP contribution in [0.4, 0.5) is 17.3 Å². The highest BCUT2D eigenvalue weighted by molar-refractivity contribution is 5.59. The molecule has 0 bridgehead atoms. The number of rotatable bonds is 6. The lowest BCUT2D eigenvalue weighted by Crippen LogP contribution is -2.06. The number of nitrogens with zero attached hydrogens (tertiary/aromatic N) is 2. The zero-order valence-corrected chi connectivity index (χ0v) is 12.1. The summed E-state index contributed by atoms with van der Waals surface area (Å²) in [6, 6.07) is 10.1. The number of hydrogen-bond acceptors (Lipinski definition) is 5. The summed E-state index contributed by atoms with van der Waals surface area (Å²) >= 11 is 0. The first-order valence-electron chi connectivity index (χ1n) is 6.65. The second-order valence-electron chi connectivity index (χ2n) is 4.51. The highest BCUT2D eigenvalue weighted by Gasteiger charge is 2.05. The predicted octanol–water partition coefficient (Wildman–Crippen LogP) is 3.11. The molecule has 0 fully saturated rings. The molecule has 0 unspecified atom stereocenters. The Labute approximate surface area is 119 Å². The van der Waals surface area contributed by atoms with Crippen molar-refractivity contribution in [3.8, 4) is 0 Å². The van der Waals surface area contributed by atoms with Gasteiger partial charge < -0.3 is 15.4 Å². The fraction of sp³-hybridized carbons (Fsp3) is 0.333. The summed E-state index contributed by atoms with van der Waals surface area (Å²) in [6.45, 7) is 5.30. The number of hydrogen-bond donors (Lipinski definition) is 2. The molecule has 106 valence electrons. The Morgan fingerprint density at radius 2 is 1.95 bits per heavy atom. The average Bonchev–Trinajstić information content (AvgIpc) is 2.39. The molecule has 0 radical (unpaired) electrons. The maximum absolute atomic E-state index is 5.10. The van der Waals surface area contributed by atoms with Crippen LogP contribution in [-0.2, 0) is 11.3 Å². The predicted molar refractivity (Wildman–Crippen MR) is 81.4 cm³/mol. The number of nitrogens with one attached hydrogen (secondary N) is 2. The Kier molecular flexibility index (Phi) is 4.90. The molecule has 0 aliphatic carbocycles. The van der Waals surface area contributed by atoms with Gasteiger partial charge in [0.05, 0.1) is 0 Å². The smallest absolute Gasteiger partial charge is 0.158 e. The van der Waals surface area contributed by atoms with E-state index in [1.807, 2.05) is 25.1 Å². The summed E-state index contributed by atoms with van der Waals surface area (Å²) in [5.41, 5.74) is 2.21. The van der Waals surface area contributed by atoms with Crippen LogP contribution in [0, 0.1) is 6.92 Å². The van der Waals surface area contributed by atoms with E-state index < -0.39 is 0 Å². The number of methoxy groups -OCH3 is 1. The van der Waals surface area contributed by atoms with Crippen molar-refractivity contribution in [1.82, 2.24) is 9.97 Å². The lowest BCUT2D eigenvalue weighted by atomic mass is 10.2. The lowest BCUT2D eigenvalue weighted by Gasteiger charge is -2.10. The number of benzene rings is 1. The highest BCUT2D eigenvalue weighted by atomic mass is 16.5. The molecule has 1 aromatic carbocycles. The van der Waals surface area contributed by atoms with Crippen molar-refractivity contribution < 1.29 is 4.74 Å². The van der Waals surface area contributed by atoms with Crippen molar-refractivity contribution in [1.29, 1.82) is 0 Å². The molecule has 5 heteroatoms. The minimum absolute atomic E-state index is 0.391. The van der Waals surface area contributed by atoms with Crippen LogP contribution in [-0.4, -0.2) is 23.6 Å². The molecule has 2 N–H and O–H groups in total. The number of ether oxygens (including phenoxy) is 1. The van der Waals surface area contributed by atoms with Crippen LogP contribution < -0.4 is 10.6 Å². The fourth-order valence-electron chi connectivity index (χ4n) is 1.90. The SMILES string of the molecule is CCNc1cc(Nc2cccc(C)c2)nc(COC)n1. The van der Waals surface area contributed by atoms with E-state index in [0.717, 1.165) is 23.9 Å². The van der Waals surface area contributed by atoms with Gasteiger partial charge in [0.1, 0.15) is 18.2 Å². The molecule has 5 nitrogen and oxygen atoms in total. The molecule has 2 aromatic rings. The van der Waals surface area contributed by atoms with Gasteiger partial charge in [-0.1, -0.05) is 12.1 Å². The molecule has 2 rings (SSSR count). The first-order chi connectivity index (χ1) is 9.71. The van der Waals surface area contributed by atoms with E-state index >= 15 is 0 Å². The highest BCUT2D eigenvalue weighted by Crippen LogP contribution is 2.18. The first kappa shape index (κ1) is 14.3. The van der Waals surface area contributed by atoms with Gasteiger partial charge >= 0.3 is 0 Å². The van der Waals surface area contributed by atoms with Crippen molar-refractivity contribution in [2.75, 3.05) is 24.3 Å². The van der Waals surface area contributed by atoms with Gasteiger partial charge in [-0.05, 0) is 31.5 Å². The van der Waals surface area contributed by atoms with Crippen LogP contribution in [0.25, 0.3) is 0 Å². The van der Waals surface area contributed by atoms with E-state index in [0.29, 0.717) is 12.4 Å². The molecule has 1 aromatic heterocycles. The molecular formula is C15H20N4O. The third-order valence-electron chi connectivity index (χ3n) is 2.69. The van der Waals surface area contributed by atoms with E-state index in [1.165, 1.54) is 5.56 Å². The summed E-state index contributed by atoms with van der Waals surface area (Å²) < 4.78 is 5.10. The van der Waals surface area contributed by atoms with Crippen molar-refractivity contribution in [2.45, 2.75) is 20.5 Å². The van der Waals surface area contributed by atoms with Crippen LogP contribution in [0.5, 0.6) is 0 Å². The summed E-state index contributed by atoms with van der Waals surface area (Å²) in [5, 5.41) is 6.49. The van der Waals surface area contributed by atoms with Crippen LogP contribution >= 0.6 is 0 Å². The monoisotopic (exact) mass is 272 g/mol. The maximum atomic E-state index is 5.10. The zero-order valence-electron chi connectivity index (χ0n) is 12.1. The molecule has 0 amide bonds. The Morgan fingerprint density at radius 1 is 1.15 bits per heavy atom. The topological polar surface area (TPSA) is 59.1 Å². The van der Waals surface area contributed by atoms with Gasteiger partial charge in [0.2, 0.25) is 0 Å². The van der Waals surface area contributed by atoms with Crippen molar-refractivity contribution in [3.63, 3.8) is 0 Å². The normalized spacial score (nSPS) is 10.3. The summed E-state index contributed by atoms with van der Waals surface area (Å²) in [6.07, 6.45) is 0. The van der Waals surface area contributed by atoms with Crippen LogP contribution in [0.2, 0.25) is 0 Å². The van der Waals surface area contributed by atoms with E-state index in [4.69, 9.17) is 4.74 Å². The third kappa shape index (κ3) is 3.93. The van der Waals surface area contributed by atoms with E-state index in [2.05, 4.69) is 39.7 Å². The summed E-state index contributed by atoms with van der Waals surface area (Å²) in [7, 11) is 1.64. The van der Waals surface area contributed by atoms with Crippen LogP contribution in [0.1, 0.15) is 18.3 Å². The molecule has 0 atom stereocenters. The van der Waals surface area contributed by atoms with Gasteiger partial charge in [-0.15, -0.1) is 0 Å². The van der Waals surface area contributed by atoms with E-state index in [-0.39, 0.29) is 0 Å². The zero-order chi connectivity index (χ0) is 14.4. The lowest BCUT2D eigenvalue weighted by molar-refractivity contribution is 0.178. The Balaban J connectivity index is 2.25. The third-order valence-corrected chi connectivity index (χ3v) is 2.69. The van der Waals surface area contributed by atoms with E-state index in [1.54, 1.807) is 7.11 Å². The standard InChI is InChI=1S/C15H20N4O/c1-4-16-13-9-14(19-15(18-13)10-20-3)17-12-7-5-6-11(2)8-12/h5-9H,4,10H2,1-3H3,(H2,16,17,18,19). The van der Waals surface area contributed by atoms with Gasteiger partial charge in [-0.2, -0.15) is 0 Å². The minimum atomic E-state index is 0.391. The number of aryl methyl sites for hydroxylation is 1. The van der Waals surface area contributed by atoms with Gasteiger partial charge in [0.15, 0.2) is 5.82 Å². The molecule has 1 heterocycles. The number of anilines is 3. The number of aromatic nitrogens is 2. The Morgan fingerprint density at radius 3 is 2.65 bits per heavy atom.